The van der Waals surface area contributed by atoms with Gasteiger partial charge in [-0.25, -0.2) is 0 Å². The standard InChI is InChI=1S/C11H7N3S2/c15-11-14-13-10(16-11)8-3-1-2-7-4-5-12-6-9(7)8/h1-6H,(H,14,15). The molecule has 0 aliphatic carbocycles. The quantitative estimate of drug-likeness (QED) is 0.668. The Kier molecular flexibility index (Phi) is 2.27. The molecule has 2 aromatic heterocycles. The molecule has 0 spiro atoms. The molecule has 0 atom stereocenters. The Morgan fingerprint density at radius 3 is 3.00 bits per heavy atom. The number of nitrogens with zero attached hydrogens (tertiary/aromatic N) is 2. The molecule has 5 heteroatoms. The van der Waals surface area contributed by atoms with Gasteiger partial charge < -0.3 is 0 Å². The Labute approximate surface area is 101 Å². The largest absolute Gasteiger partial charge is 0.264 e. The Morgan fingerprint density at radius 1 is 1.25 bits per heavy atom. The minimum Gasteiger partial charge on any atom is -0.264 e. The molecule has 3 rings (SSSR count). The van der Waals surface area contributed by atoms with Gasteiger partial charge in [0.05, 0.1) is 0 Å². The topological polar surface area (TPSA) is 41.6 Å². The van der Waals surface area contributed by atoms with Crippen LogP contribution in [-0.4, -0.2) is 15.2 Å². The maximum Gasteiger partial charge on any atom is 0.176 e. The second-order valence-corrected chi connectivity index (χ2v) is 4.99. The van der Waals surface area contributed by atoms with Gasteiger partial charge in [-0.15, -0.1) is 0 Å². The first-order valence-corrected chi connectivity index (χ1v) is 5.96. The zero-order valence-electron chi connectivity index (χ0n) is 8.18. The van der Waals surface area contributed by atoms with Gasteiger partial charge in [0.2, 0.25) is 0 Å². The van der Waals surface area contributed by atoms with Gasteiger partial charge in [0.15, 0.2) is 3.95 Å². The number of nitrogens with one attached hydrogen (secondary N) is 1. The number of aromatic nitrogens is 3. The molecule has 0 fully saturated rings. The molecule has 2 heterocycles. The summed E-state index contributed by atoms with van der Waals surface area (Å²) >= 11 is 6.52. The van der Waals surface area contributed by atoms with E-state index in [2.05, 4.69) is 21.2 Å². The lowest BCUT2D eigenvalue weighted by molar-refractivity contribution is 1.08. The monoisotopic (exact) mass is 245 g/mol. The zero-order valence-corrected chi connectivity index (χ0v) is 9.81. The molecule has 0 unspecified atom stereocenters. The third-order valence-corrected chi connectivity index (χ3v) is 3.47. The Morgan fingerprint density at radius 2 is 2.19 bits per heavy atom. The molecule has 0 saturated carbocycles. The zero-order chi connectivity index (χ0) is 11.0. The first-order valence-electron chi connectivity index (χ1n) is 4.73. The van der Waals surface area contributed by atoms with Crippen molar-refractivity contribution < 1.29 is 0 Å². The highest BCUT2D eigenvalue weighted by Gasteiger charge is 2.06. The number of fused-ring (bicyclic) bond motifs is 1. The van der Waals surface area contributed by atoms with Gasteiger partial charge in [-0.1, -0.05) is 29.5 Å². The average molecular weight is 245 g/mol. The van der Waals surface area contributed by atoms with Crippen LogP contribution in [0.1, 0.15) is 0 Å². The predicted octanol–water partition coefficient (Wildman–Crippen LogP) is 3.42. The number of rotatable bonds is 1. The van der Waals surface area contributed by atoms with Crippen molar-refractivity contribution in [2.75, 3.05) is 0 Å². The van der Waals surface area contributed by atoms with Crippen LogP contribution in [0.25, 0.3) is 21.3 Å². The lowest BCUT2D eigenvalue weighted by atomic mass is 10.1. The highest BCUT2D eigenvalue weighted by molar-refractivity contribution is 7.73. The van der Waals surface area contributed by atoms with Gasteiger partial charge in [0.25, 0.3) is 0 Å². The first kappa shape index (κ1) is 9.62. The fourth-order valence-electron chi connectivity index (χ4n) is 1.64. The molecule has 0 bridgehead atoms. The number of H-pyrrole nitrogens is 1. The van der Waals surface area contributed by atoms with Gasteiger partial charge in [0.1, 0.15) is 5.01 Å². The third kappa shape index (κ3) is 1.54. The van der Waals surface area contributed by atoms with Crippen molar-refractivity contribution in [3.8, 4) is 10.6 Å². The summed E-state index contributed by atoms with van der Waals surface area (Å²) in [5.41, 5.74) is 1.07. The summed E-state index contributed by atoms with van der Waals surface area (Å²) in [6, 6.07) is 8.10. The fraction of sp³-hybridized carbons (Fsp3) is 0. The Balaban J connectivity index is 2.35. The van der Waals surface area contributed by atoms with Gasteiger partial charge in [-0.2, -0.15) is 5.10 Å². The Hall–Kier alpha value is -1.59. The van der Waals surface area contributed by atoms with Crippen molar-refractivity contribution in [3.05, 3.63) is 40.6 Å². The molecular weight excluding hydrogens is 238 g/mol. The first-order chi connectivity index (χ1) is 7.84. The van der Waals surface area contributed by atoms with E-state index in [1.807, 2.05) is 24.4 Å². The van der Waals surface area contributed by atoms with Gasteiger partial charge in [-0.3, -0.25) is 10.1 Å². The molecule has 1 aromatic carbocycles. The highest BCUT2D eigenvalue weighted by atomic mass is 32.1. The molecule has 0 radical (unpaired) electrons. The molecule has 3 nitrogen and oxygen atoms in total. The predicted molar refractivity (Wildman–Crippen MR) is 68.0 cm³/mol. The van der Waals surface area contributed by atoms with E-state index in [-0.39, 0.29) is 0 Å². The normalized spacial score (nSPS) is 10.8. The van der Waals surface area contributed by atoms with Gasteiger partial charge >= 0.3 is 0 Å². The molecule has 0 amide bonds. The van der Waals surface area contributed by atoms with E-state index < -0.39 is 0 Å². The summed E-state index contributed by atoms with van der Waals surface area (Å²) in [5.74, 6) is 0. The maximum atomic E-state index is 5.04. The molecule has 3 aromatic rings. The van der Waals surface area contributed by atoms with E-state index in [0.29, 0.717) is 3.95 Å². The smallest absolute Gasteiger partial charge is 0.176 e. The SMILES string of the molecule is S=c1[nH]nc(-c2cccc3ccncc23)s1. The van der Waals surface area contributed by atoms with E-state index in [1.54, 1.807) is 6.20 Å². The van der Waals surface area contributed by atoms with Crippen LogP contribution in [0.5, 0.6) is 0 Å². The van der Waals surface area contributed by atoms with Crippen LogP contribution in [0, 0.1) is 3.95 Å². The molecular formula is C11H7N3S2. The van der Waals surface area contributed by atoms with E-state index >= 15 is 0 Å². The lowest BCUT2D eigenvalue weighted by Crippen LogP contribution is -1.81. The average Bonchev–Trinajstić information content (AvgIpc) is 2.75. The Bertz CT molecular complexity index is 694. The van der Waals surface area contributed by atoms with Crippen molar-refractivity contribution in [1.82, 2.24) is 15.2 Å². The third-order valence-electron chi connectivity index (χ3n) is 2.35. The van der Waals surface area contributed by atoms with Crippen LogP contribution < -0.4 is 0 Å². The second-order valence-electron chi connectivity index (χ2n) is 3.32. The number of aromatic amines is 1. The van der Waals surface area contributed by atoms with Crippen LogP contribution in [0.4, 0.5) is 0 Å². The van der Waals surface area contributed by atoms with Crippen molar-refractivity contribution in [2.45, 2.75) is 0 Å². The van der Waals surface area contributed by atoms with Crippen LogP contribution >= 0.6 is 23.6 Å². The minimum absolute atomic E-state index is 0.691. The molecule has 0 aliphatic rings. The van der Waals surface area contributed by atoms with Crippen LogP contribution in [0.15, 0.2) is 36.7 Å². The summed E-state index contributed by atoms with van der Waals surface area (Å²) in [6.45, 7) is 0. The second kappa shape index (κ2) is 3.77. The van der Waals surface area contributed by atoms with E-state index in [0.717, 1.165) is 21.3 Å². The minimum atomic E-state index is 0.691. The highest BCUT2D eigenvalue weighted by Crippen LogP contribution is 2.28. The summed E-state index contributed by atoms with van der Waals surface area (Å²) in [4.78, 5) is 4.15. The molecule has 0 aliphatic heterocycles. The van der Waals surface area contributed by atoms with Gasteiger partial charge in [-0.05, 0) is 23.7 Å². The number of benzene rings is 1. The number of hydrogen-bond donors (Lipinski definition) is 1. The van der Waals surface area contributed by atoms with Crippen molar-refractivity contribution in [1.29, 1.82) is 0 Å². The van der Waals surface area contributed by atoms with Crippen molar-refractivity contribution in [2.24, 2.45) is 0 Å². The molecule has 1 N–H and O–H groups in total. The van der Waals surface area contributed by atoms with Crippen LogP contribution in [0.2, 0.25) is 0 Å². The van der Waals surface area contributed by atoms with Gasteiger partial charge in [0, 0.05) is 23.3 Å². The van der Waals surface area contributed by atoms with Crippen molar-refractivity contribution >= 4 is 34.3 Å². The van der Waals surface area contributed by atoms with Crippen LogP contribution in [-0.2, 0) is 0 Å². The summed E-state index contributed by atoms with van der Waals surface area (Å²) in [5, 5.41) is 10.2. The molecule has 16 heavy (non-hydrogen) atoms. The molecule has 0 saturated heterocycles. The van der Waals surface area contributed by atoms with E-state index in [1.165, 1.54) is 11.3 Å². The van der Waals surface area contributed by atoms with E-state index in [9.17, 15) is 0 Å². The van der Waals surface area contributed by atoms with Crippen LogP contribution in [0.3, 0.4) is 0 Å². The summed E-state index contributed by atoms with van der Waals surface area (Å²) in [6.07, 6.45) is 3.65. The maximum absolute atomic E-state index is 5.04. The number of pyridine rings is 1. The van der Waals surface area contributed by atoms with Crippen molar-refractivity contribution in [3.63, 3.8) is 0 Å². The lowest BCUT2D eigenvalue weighted by Gasteiger charge is -2.01. The summed E-state index contributed by atoms with van der Waals surface area (Å²) in [7, 11) is 0. The summed E-state index contributed by atoms with van der Waals surface area (Å²) < 4.78 is 0.691. The van der Waals surface area contributed by atoms with E-state index in [4.69, 9.17) is 12.2 Å². The molecule has 78 valence electrons. The number of hydrogen-bond acceptors (Lipinski definition) is 4. The fourth-order valence-corrected chi connectivity index (χ4v) is 2.57.